The smallest absolute Gasteiger partial charge is 0.273 e. The first kappa shape index (κ1) is 13.8. The van der Waals surface area contributed by atoms with Gasteiger partial charge in [-0.15, -0.1) is 0 Å². The third kappa shape index (κ3) is 2.30. The van der Waals surface area contributed by atoms with Gasteiger partial charge in [0.15, 0.2) is 13.9 Å². The van der Waals surface area contributed by atoms with Crippen LogP contribution in [0.4, 0.5) is 5.69 Å². The fourth-order valence-electron chi connectivity index (χ4n) is 2.36. The predicted octanol–water partition coefficient (Wildman–Crippen LogP) is 2.78. The Hall–Kier alpha value is -1.62. The quantitative estimate of drug-likeness (QED) is 0.629. The molecular formula is C14H20N2O2Si. The van der Waals surface area contributed by atoms with Gasteiger partial charge >= 0.3 is 0 Å². The number of hydrogen-bond donors (Lipinski definition) is 0. The number of benzene rings is 1. The molecule has 2 rings (SSSR count). The van der Waals surface area contributed by atoms with Gasteiger partial charge < -0.3 is 9.40 Å². The van der Waals surface area contributed by atoms with E-state index in [0.29, 0.717) is 5.71 Å². The van der Waals surface area contributed by atoms with Crippen molar-refractivity contribution in [2.45, 2.75) is 33.0 Å². The average Bonchev–Trinajstić information content (AvgIpc) is 2.62. The highest BCUT2D eigenvalue weighted by Crippen LogP contribution is 2.34. The van der Waals surface area contributed by atoms with Crippen molar-refractivity contribution in [2.75, 3.05) is 11.7 Å². The van der Waals surface area contributed by atoms with Crippen LogP contribution in [0.1, 0.15) is 18.1 Å². The van der Waals surface area contributed by atoms with Crippen LogP contribution in [0.5, 0.6) is 0 Å². The maximum Gasteiger partial charge on any atom is 0.273 e. The Morgan fingerprint density at radius 3 is 2.53 bits per heavy atom. The minimum absolute atomic E-state index is 0.0377. The van der Waals surface area contributed by atoms with Crippen molar-refractivity contribution in [3.8, 4) is 0 Å². The molecule has 5 heteroatoms. The molecule has 0 aromatic heterocycles. The van der Waals surface area contributed by atoms with Gasteiger partial charge in [-0.3, -0.25) is 4.79 Å². The van der Waals surface area contributed by atoms with E-state index in [1.165, 1.54) is 12.7 Å². The number of carbonyl (C=O) groups is 1. The lowest BCUT2D eigenvalue weighted by Gasteiger charge is -2.30. The van der Waals surface area contributed by atoms with Gasteiger partial charge in [0.2, 0.25) is 0 Å². The van der Waals surface area contributed by atoms with E-state index in [1.807, 2.05) is 16.7 Å². The van der Waals surface area contributed by atoms with Crippen molar-refractivity contribution < 1.29 is 9.63 Å². The van der Waals surface area contributed by atoms with E-state index in [2.05, 4.69) is 37.8 Å². The number of carbonyl (C=O) groups excluding carboxylic acids is 1. The molecule has 1 aliphatic heterocycles. The lowest BCUT2D eigenvalue weighted by atomic mass is 10.1. The Balaban J connectivity index is 2.63. The minimum Gasteiger partial charge on any atom is -0.398 e. The van der Waals surface area contributed by atoms with Gasteiger partial charge in [0.1, 0.15) is 7.11 Å². The van der Waals surface area contributed by atoms with Crippen LogP contribution in [0.25, 0.3) is 0 Å². The predicted molar refractivity (Wildman–Crippen MR) is 80.2 cm³/mol. The molecular weight excluding hydrogens is 256 g/mol. The molecule has 1 aromatic carbocycles. The van der Waals surface area contributed by atoms with Gasteiger partial charge in [-0.25, -0.2) is 0 Å². The molecule has 1 amide bonds. The van der Waals surface area contributed by atoms with Crippen LogP contribution in [0.3, 0.4) is 0 Å². The lowest BCUT2D eigenvalue weighted by Crippen LogP contribution is -2.49. The Bertz CT molecular complexity index is 547. The number of rotatable bonds is 3. The van der Waals surface area contributed by atoms with E-state index in [4.69, 9.17) is 4.84 Å². The molecule has 0 radical (unpaired) electrons. The molecule has 1 heterocycles. The molecule has 1 aliphatic rings. The summed E-state index contributed by atoms with van der Waals surface area (Å²) in [4.78, 5) is 17.4. The summed E-state index contributed by atoms with van der Waals surface area (Å²) in [6.45, 7) is 8.55. The first-order valence-corrected chi connectivity index (χ1v) is 9.94. The summed E-state index contributed by atoms with van der Waals surface area (Å²) in [5.41, 5.74) is 3.49. The maximum absolute atomic E-state index is 12.5. The van der Waals surface area contributed by atoms with Crippen LogP contribution >= 0.6 is 0 Å². The van der Waals surface area contributed by atoms with Crippen LogP contribution in [0, 0.1) is 0 Å². The van der Waals surface area contributed by atoms with Gasteiger partial charge in [0.25, 0.3) is 5.91 Å². The molecule has 0 fully saturated rings. The van der Waals surface area contributed by atoms with Crippen LogP contribution in [0.2, 0.25) is 19.6 Å². The number of fused-ring (bicyclic) bond motifs is 1. The van der Waals surface area contributed by atoms with Gasteiger partial charge in [0, 0.05) is 11.3 Å². The van der Waals surface area contributed by atoms with Crippen molar-refractivity contribution in [3.05, 3.63) is 29.3 Å². The van der Waals surface area contributed by atoms with Crippen molar-refractivity contribution >= 4 is 25.5 Å². The van der Waals surface area contributed by atoms with Crippen LogP contribution in [0.15, 0.2) is 23.4 Å². The van der Waals surface area contributed by atoms with Gasteiger partial charge in [-0.2, -0.15) is 0 Å². The van der Waals surface area contributed by atoms with E-state index in [0.717, 1.165) is 17.7 Å². The number of hydrogen-bond acceptors (Lipinski definition) is 3. The fourth-order valence-corrected chi connectivity index (χ4v) is 4.00. The first-order chi connectivity index (χ1) is 8.90. The van der Waals surface area contributed by atoms with Crippen LogP contribution < -0.4 is 4.57 Å². The summed E-state index contributed by atoms with van der Waals surface area (Å²) < 4.78 is 1.92. The zero-order valence-corrected chi connectivity index (χ0v) is 13.2. The maximum atomic E-state index is 12.5. The molecule has 19 heavy (non-hydrogen) atoms. The van der Waals surface area contributed by atoms with E-state index in [9.17, 15) is 4.79 Å². The summed E-state index contributed by atoms with van der Waals surface area (Å²) in [7, 11) is -0.316. The topological polar surface area (TPSA) is 41.9 Å². The second-order valence-electron chi connectivity index (χ2n) is 5.64. The SMILES string of the molecule is CCc1ccc2c(c1)/C(=N/OC)C(=O)N2[Si](C)(C)C. The number of aryl methyl sites for hydroxylation is 1. The van der Waals surface area contributed by atoms with Gasteiger partial charge in [0.05, 0.1) is 0 Å². The summed E-state index contributed by atoms with van der Waals surface area (Å²) in [5.74, 6) is -0.0377. The molecule has 0 bridgehead atoms. The second kappa shape index (κ2) is 4.81. The van der Waals surface area contributed by atoms with Gasteiger partial charge in [-0.1, -0.05) is 37.8 Å². The van der Waals surface area contributed by atoms with E-state index < -0.39 is 8.24 Å². The van der Waals surface area contributed by atoms with Crippen molar-refractivity contribution in [2.24, 2.45) is 5.16 Å². The number of oxime groups is 1. The van der Waals surface area contributed by atoms with Crippen molar-refractivity contribution in [1.29, 1.82) is 0 Å². The highest BCUT2D eigenvalue weighted by atomic mass is 28.3. The van der Waals surface area contributed by atoms with E-state index in [-0.39, 0.29) is 5.91 Å². The zero-order valence-electron chi connectivity index (χ0n) is 12.2. The fraction of sp³-hybridized carbons (Fsp3) is 0.429. The first-order valence-electron chi connectivity index (χ1n) is 6.49. The molecule has 0 saturated heterocycles. The number of amides is 1. The molecule has 0 N–H and O–H groups in total. The largest absolute Gasteiger partial charge is 0.398 e. The molecule has 1 aromatic rings. The van der Waals surface area contributed by atoms with Crippen molar-refractivity contribution in [3.63, 3.8) is 0 Å². The molecule has 0 unspecified atom stereocenters. The summed E-state index contributed by atoms with van der Waals surface area (Å²) in [6, 6.07) is 6.16. The van der Waals surface area contributed by atoms with E-state index >= 15 is 0 Å². The highest BCUT2D eigenvalue weighted by Gasteiger charge is 2.41. The lowest BCUT2D eigenvalue weighted by molar-refractivity contribution is -0.111. The number of nitrogens with zero attached hydrogens (tertiary/aromatic N) is 2. The Morgan fingerprint density at radius 2 is 2.00 bits per heavy atom. The summed E-state index contributed by atoms with van der Waals surface area (Å²) in [5, 5.41) is 3.93. The Kier molecular flexibility index (Phi) is 3.49. The summed E-state index contributed by atoms with van der Waals surface area (Å²) in [6.07, 6.45) is 0.939. The molecule has 4 nitrogen and oxygen atoms in total. The normalized spacial score (nSPS) is 17.0. The molecule has 0 aliphatic carbocycles. The van der Waals surface area contributed by atoms with Crippen molar-refractivity contribution in [1.82, 2.24) is 0 Å². The Labute approximate surface area is 115 Å². The average molecular weight is 276 g/mol. The number of anilines is 1. The van der Waals surface area contributed by atoms with E-state index in [1.54, 1.807) is 0 Å². The molecule has 0 spiro atoms. The minimum atomic E-state index is -1.79. The Morgan fingerprint density at radius 1 is 1.32 bits per heavy atom. The standard InChI is InChI=1S/C14H20N2O2Si/c1-6-10-7-8-12-11(9-10)13(15-18-2)14(17)16(12)19(3,4)5/h7-9H,6H2,1-5H3/b15-13-. The molecule has 0 saturated carbocycles. The highest BCUT2D eigenvalue weighted by molar-refractivity contribution is 6.87. The molecule has 0 atom stereocenters. The third-order valence-corrected chi connectivity index (χ3v) is 5.01. The second-order valence-corrected chi connectivity index (χ2v) is 10.4. The van der Waals surface area contributed by atoms with Crippen LogP contribution in [-0.2, 0) is 16.1 Å². The van der Waals surface area contributed by atoms with Crippen LogP contribution in [-0.4, -0.2) is 27.0 Å². The van der Waals surface area contributed by atoms with Gasteiger partial charge in [-0.05, 0) is 24.1 Å². The zero-order chi connectivity index (χ0) is 14.2. The molecule has 102 valence electrons. The third-order valence-electron chi connectivity index (χ3n) is 3.22. The monoisotopic (exact) mass is 276 g/mol. The summed E-state index contributed by atoms with van der Waals surface area (Å²) >= 11 is 0.